The summed E-state index contributed by atoms with van der Waals surface area (Å²) in [6.45, 7) is 9.03. The lowest BCUT2D eigenvalue weighted by molar-refractivity contribution is 0.0992. The zero-order valence-electron chi connectivity index (χ0n) is 16.9. The molecule has 3 aliphatic heterocycles. The number of anilines is 1. The molecule has 3 saturated heterocycles. The van der Waals surface area contributed by atoms with Crippen molar-refractivity contribution in [3.8, 4) is 0 Å². The minimum Gasteiger partial charge on any atom is -0.373 e. The fraction of sp³-hybridized carbons (Fsp3) is 0.750. The molecule has 154 valence electrons. The van der Waals surface area contributed by atoms with E-state index in [1.165, 1.54) is 12.8 Å². The van der Waals surface area contributed by atoms with Crippen LogP contribution in [-0.4, -0.2) is 84.9 Å². The van der Waals surface area contributed by atoms with E-state index in [1.54, 1.807) is 0 Å². The molecule has 1 aromatic heterocycles. The maximum atomic E-state index is 5.94. The van der Waals surface area contributed by atoms with Crippen molar-refractivity contribution in [3.05, 3.63) is 18.5 Å². The molecule has 0 radical (unpaired) electrons. The topological polar surface area (TPSA) is 77.9 Å². The van der Waals surface area contributed by atoms with Gasteiger partial charge in [-0.3, -0.25) is 9.89 Å². The number of guanidine groups is 1. The van der Waals surface area contributed by atoms with E-state index in [4.69, 9.17) is 9.73 Å². The van der Waals surface area contributed by atoms with Crippen molar-refractivity contribution < 1.29 is 4.74 Å². The summed E-state index contributed by atoms with van der Waals surface area (Å²) in [6.07, 6.45) is 9.05. The van der Waals surface area contributed by atoms with Gasteiger partial charge in [-0.1, -0.05) is 0 Å². The van der Waals surface area contributed by atoms with E-state index in [9.17, 15) is 0 Å². The van der Waals surface area contributed by atoms with Gasteiger partial charge in [0, 0.05) is 58.2 Å². The number of aliphatic imine (C=N–C) groups is 1. The molecular formula is C20H33N7O. The van der Waals surface area contributed by atoms with Crippen LogP contribution in [0.5, 0.6) is 0 Å². The smallest absolute Gasteiger partial charge is 0.225 e. The standard InChI is InChI=1S/C20H33N7O/c1-2-21-19(25-17-15-16-5-6-18(17)28-16)22-9-4-10-26-11-13-27(14-12-26)20-23-7-3-8-24-20/h3,7-8,16-18H,2,4-6,9-15H2,1H3,(H2,21,22,25). The van der Waals surface area contributed by atoms with Gasteiger partial charge in [-0.2, -0.15) is 0 Å². The molecule has 8 heteroatoms. The number of hydrogen-bond donors (Lipinski definition) is 2. The molecular weight excluding hydrogens is 354 g/mol. The van der Waals surface area contributed by atoms with Gasteiger partial charge in [-0.05, 0) is 38.7 Å². The van der Waals surface area contributed by atoms with E-state index in [2.05, 4.69) is 37.3 Å². The fourth-order valence-electron chi connectivity index (χ4n) is 4.40. The number of nitrogens with zero attached hydrogens (tertiary/aromatic N) is 5. The van der Waals surface area contributed by atoms with Gasteiger partial charge >= 0.3 is 0 Å². The third-order valence-electron chi connectivity index (χ3n) is 5.88. The van der Waals surface area contributed by atoms with Crippen molar-refractivity contribution in [1.82, 2.24) is 25.5 Å². The average molecular weight is 388 g/mol. The van der Waals surface area contributed by atoms with Crippen LogP contribution in [0.1, 0.15) is 32.6 Å². The van der Waals surface area contributed by atoms with E-state index in [0.717, 1.165) is 70.6 Å². The number of ether oxygens (including phenoxy) is 1. The Bertz CT molecular complexity index is 633. The molecule has 1 aromatic rings. The van der Waals surface area contributed by atoms with Crippen LogP contribution in [0.4, 0.5) is 5.95 Å². The Morgan fingerprint density at radius 3 is 2.71 bits per heavy atom. The first-order valence-electron chi connectivity index (χ1n) is 10.8. The van der Waals surface area contributed by atoms with Gasteiger partial charge < -0.3 is 20.3 Å². The lowest BCUT2D eigenvalue weighted by Gasteiger charge is -2.34. The Morgan fingerprint density at radius 1 is 1.21 bits per heavy atom. The van der Waals surface area contributed by atoms with Crippen molar-refractivity contribution in [2.24, 2.45) is 4.99 Å². The number of rotatable bonds is 7. The Balaban J connectivity index is 1.17. The van der Waals surface area contributed by atoms with Crippen LogP contribution < -0.4 is 15.5 Å². The maximum Gasteiger partial charge on any atom is 0.225 e. The Hall–Kier alpha value is -1.93. The summed E-state index contributed by atoms with van der Waals surface area (Å²) in [5.41, 5.74) is 0. The summed E-state index contributed by atoms with van der Waals surface area (Å²) in [6, 6.07) is 2.28. The average Bonchev–Trinajstić information content (AvgIpc) is 3.36. The summed E-state index contributed by atoms with van der Waals surface area (Å²) in [4.78, 5) is 18.3. The first kappa shape index (κ1) is 19.4. The normalized spacial score (nSPS) is 28.0. The molecule has 28 heavy (non-hydrogen) atoms. The van der Waals surface area contributed by atoms with Crippen LogP contribution in [0.15, 0.2) is 23.5 Å². The molecule has 3 fully saturated rings. The summed E-state index contributed by atoms with van der Waals surface area (Å²) in [7, 11) is 0. The van der Waals surface area contributed by atoms with E-state index >= 15 is 0 Å². The van der Waals surface area contributed by atoms with E-state index in [1.807, 2.05) is 18.5 Å². The van der Waals surface area contributed by atoms with Gasteiger partial charge in [0.2, 0.25) is 5.95 Å². The number of nitrogens with one attached hydrogen (secondary N) is 2. The van der Waals surface area contributed by atoms with Crippen LogP contribution >= 0.6 is 0 Å². The summed E-state index contributed by atoms with van der Waals surface area (Å²) >= 11 is 0. The number of fused-ring (bicyclic) bond motifs is 2. The second kappa shape index (κ2) is 9.52. The van der Waals surface area contributed by atoms with Crippen LogP contribution in [0.25, 0.3) is 0 Å². The van der Waals surface area contributed by atoms with Gasteiger partial charge in [0.15, 0.2) is 5.96 Å². The van der Waals surface area contributed by atoms with E-state index in [-0.39, 0.29) is 0 Å². The Labute approximate surface area is 167 Å². The lowest BCUT2D eigenvalue weighted by atomic mass is 9.96. The summed E-state index contributed by atoms with van der Waals surface area (Å²) in [5, 5.41) is 6.97. The van der Waals surface area contributed by atoms with Gasteiger partial charge in [0.1, 0.15) is 0 Å². The zero-order chi connectivity index (χ0) is 19.2. The number of piperazine rings is 1. The maximum absolute atomic E-state index is 5.94. The molecule has 3 aliphatic rings. The van der Waals surface area contributed by atoms with Crippen LogP contribution in [0.3, 0.4) is 0 Å². The quantitative estimate of drug-likeness (QED) is 0.408. The Morgan fingerprint density at radius 2 is 2.04 bits per heavy atom. The summed E-state index contributed by atoms with van der Waals surface area (Å²) in [5.74, 6) is 1.78. The van der Waals surface area contributed by atoms with E-state index < -0.39 is 0 Å². The predicted octanol–water partition coefficient (Wildman–Crippen LogP) is 0.864. The van der Waals surface area contributed by atoms with Gasteiger partial charge in [0.05, 0.1) is 18.2 Å². The molecule has 2 N–H and O–H groups in total. The SMILES string of the molecule is CCNC(=NCCCN1CCN(c2ncccn2)CC1)NC1CC2CCC1O2. The highest BCUT2D eigenvalue weighted by molar-refractivity contribution is 5.80. The molecule has 0 aromatic carbocycles. The second-order valence-corrected chi connectivity index (χ2v) is 7.85. The van der Waals surface area contributed by atoms with Crippen molar-refractivity contribution in [2.45, 2.75) is 50.9 Å². The molecule has 0 amide bonds. The van der Waals surface area contributed by atoms with Crippen LogP contribution in [-0.2, 0) is 4.74 Å². The number of hydrogen-bond acceptors (Lipinski definition) is 6. The summed E-state index contributed by atoms with van der Waals surface area (Å²) < 4.78 is 5.94. The molecule has 8 nitrogen and oxygen atoms in total. The zero-order valence-corrected chi connectivity index (χ0v) is 16.9. The minimum atomic E-state index is 0.374. The first-order chi connectivity index (χ1) is 13.8. The van der Waals surface area contributed by atoms with Gasteiger partial charge in [-0.25, -0.2) is 9.97 Å². The largest absolute Gasteiger partial charge is 0.373 e. The van der Waals surface area contributed by atoms with Gasteiger partial charge in [0.25, 0.3) is 0 Å². The lowest BCUT2D eigenvalue weighted by Crippen LogP contribution is -2.48. The predicted molar refractivity (Wildman–Crippen MR) is 111 cm³/mol. The minimum absolute atomic E-state index is 0.374. The van der Waals surface area contributed by atoms with Crippen molar-refractivity contribution >= 4 is 11.9 Å². The third-order valence-corrected chi connectivity index (χ3v) is 5.88. The van der Waals surface area contributed by atoms with Crippen molar-refractivity contribution in [3.63, 3.8) is 0 Å². The molecule has 0 aliphatic carbocycles. The second-order valence-electron chi connectivity index (χ2n) is 7.85. The molecule has 0 spiro atoms. The number of aromatic nitrogens is 2. The third kappa shape index (κ3) is 4.91. The highest BCUT2D eigenvalue weighted by Gasteiger charge is 2.41. The monoisotopic (exact) mass is 387 g/mol. The molecule has 2 bridgehead atoms. The van der Waals surface area contributed by atoms with Gasteiger partial charge in [-0.15, -0.1) is 0 Å². The molecule has 0 saturated carbocycles. The molecule has 4 rings (SSSR count). The first-order valence-corrected chi connectivity index (χ1v) is 10.8. The van der Waals surface area contributed by atoms with Crippen LogP contribution in [0, 0.1) is 0 Å². The van der Waals surface area contributed by atoms with E-state index in [0.29, 0.717) is 18.2 Å². The highest BCUT2D eigenvalue weighted by Crippen LogP contribution is 2.34. The van der Waals surface area contributed by atoms with Crippen molar-refractivity contribution in [2.75, 3.05) is 50.7 Å². The molecule has 4 heterocycles. The van der Waals surface area contributed by atoms with Crippen molar-refractivity contribution in [1.29, 1.82) is 0 Å². The molecule has 3 unspecified atom stereocenters. The van der Waals surface area contributed by atoms with Crippen LogP contribution in [0.2, 0.25) is 0 Å². The highest BCUT2D eigenvalue weighted by atomic mass is 16.5. The molecule has 3 atom stereocenters. The fourth-order valence-corrected chi connectivity index (χ4v) is 4.40. The Kier molecular flexibility index (Phi) is 6.59.